The summed E-state index contributed by atoms with van der Waals surface area (Å²) in [7, 11) is 1.64. The molecule has 2 aromatic carbocycles. The van der Waals surface area contributed by atoms with Gasteiger partial charge in [0.25, 0.3) is 0 Å². The number of aryl methyl sites for hydroxylation is 1. The Balaban J connectivity index is 1.34. The number of carbonyl (C=O) groups is 1. The second-order valence-corrected chi connectivity index (χ2v) is 9.95. The fraction of sp³-hybridized carbons (Fsp3) is 0.467. The SMILES string of the molecule is CCc1oc(-c2cccc(OC)c2)nc1CO[C@H]1CCC[C@@H](COC(C)(Cc2ccccc2)C(=O)O)C1. The molecule has 0 radical (unpaired) electrons. The van der Waals surface area contributed by atoms with Crippen LogP contribution in [0.3, 0.4) is 0 Å². The molecule has 4 rings (SSSR count). The van der Waals surface area contributed by atoms with E-state index in [0.717, 1.165) is 60.4 Å². The molecule has 198 valence electrons. The number of aliphatic carboxylic acids is 1. The molecule has 1 aliphatic carbocycles. The van der Waals surface area contributed by atoms with Crippen molar-refractivity contribution in [3.63, 3.8) is 0 Å². The zero-order chi connectivity index (χ0) is 26.3. The van der Waals surface area contributed by atoms with Crippen molar-refractivity contribution in [2.75, 3.05) is 13.7 Å². The number of methoxy groups -OCH3 is 1. The Bertz CT molecular complexity index is 1160. The molecule has 7 nitrogen and oxygen atoms in total. The number of nitrogens with zero attached hydrogens (tertiary/aromatic N) is 1. The molecule has 1 saturated carbocycles. The molecule has 0 bridgehead atoms. The normalized spacial score (nSPS) is 19.3. The Morgan fingerprint density at radius 3 is 2.70 bits per heavy atom. The highest BCUT2D eigenvalue weighted by Crippen LogP contribution is 2.31. The van der Waals surface area contributed by atoms with Crippen LogP contribution in [0.1, 0.15) is 56.5 Å². The van der Waals surface area contributed by atoms with Crippen molar-refractivity contribution in [2.45, 2.75) is 70.7 Å². The van der Waals surface area contributed by atoms with Crippen LogP contribution < -0.4 is 4.74 Å². The zero-order valence-corrected chi connectivity index (χ0v) is 21.9. The lowest BCUT2D eigenvalue weighted by Crippen LogP contribution is -2.42. The van der Waals surface area contributed by atoms with Gasteiger partial charge in [0.05, 0.1) is 26.4 Å². The first-order chi connectivity index (χ1) is 17.9. The Morgan fingerprint density at radius 2 is 1.97 bits per heavy atom. The molecule has 1 heterocycles. The van der Waals surface area contributed by atoms with Gasteiger partial charge < -0.3 is 23.7 Å². The molecular weight excluding hydrogens is 470 g/mol. The van der Waals surface area contributed by atoms with E-state index in [2.05, 4.69) is 0 Å². The molecule has 37 heavy (non-hydrogen) atoms. The molecule has 3 aromatic rings. The van der Waals surface area contributed by atoms with E-state index in [9.17, 15) is 9.90 Å². The number of aromatic nitrogens is 1. The van der Waals surface area contributed by atoms with Gasteiger partial charge in [-0.15, -0.1) is 0 Å². The highest BCUT2D eigenvalue weighted by Gasteiger charge is 2.36. The van der Waals surface area contributed by atoms with E-state index in [0.29, 0.717) is 25.5 Å². The van der Waals surface area contributed by atoms with Gasteiger partial charge in [0.1, 0.15) is 17.2 Å². The number of hydrogen-bond donors (Lipinski definition) is 1. The molecule has 7 heteroatoms. The maximum absolute atomic E-state index is 12.1. The van der Waals surface area contributed by atoms with Crippen LogP contribution >= 0.6 is 0 Å². The van der Waals surface area contributed by atoms with Gasteiger partial charge in [0.15, 0.2) is 5.60 Å². The van der Waals surface area contributed by atoms with Gasteiger partial charge >= 0.3 is 5.97 Å². The van der Waals surface area contributed by atoms with Gasteiger partial charge in [-0.1, -0.05) is 49.7 Å². The molecule has 0 aliphatic heterocycles. The van der Waals surface area contributed by atoms with Crippen molar-refractivity contribution in [3.8, 4) is 17.2 Å². The minimum Gasteiger partial charge on any atom is -0.497 e. The smallest absolute Gasteiger partial charge is 0.336 e. The predicted octanol–water partition coefficient (Wildman–Crippen LogP) is 6.09. The van der Waals surface area contributed by atoms with Crippen LogP contribution in [-0.4, -0.2) is 41.5 Å². The second kappa shape index (κ2) is 12.4. The summed E-state index contributed by atoms with van der Waals surface area (Å²) in [5, 5.41) is 9.88. The number of ether oxygens (including phenoxy) is 3. The lowest BCUT2D eigenvalue weighted by atomic mass is 9.87. The molecule has 3 atom stereocenters. The minimum absolute atomic E-state index is 0.0780. The summed E-state index contributed by atoms with van der Waals surface area (Å²) in [6.07, 6.45) is 4.97. The van der Waals surface area contributed by atoms with E-state index in [4.69, 9.17) is 23.6 Å². The summed E-state index contributed by atoms with van der Waals surface area (Å²) >= 11 is 0. The molecule has 1 unspecified atom stereocenters. The molecule has 1 aromatic heterocycles. The van der Waals surface area contributed by atoms with Crippen molar-refractivity contribution in [1.82, 2.24) is 4.98 Å². The summed E-state index contributed by atoms with van der Waals surface area (Å²) in [4.78, 5) is 16.8. The van der Waals surface area contributed by atoms with Crippen molar-refractivity contribution in [3.05, 3.63) is 71.6 Å². The lowest BCUT2D eigenvalue weighted by molar-refractivity contribution is -0.166. The molecular formula is C30H37NO6. The maximum Gasteiger partial charge on any atom is 0.336 e. The summed E-state index contributed by atoms with van der Waals surface area (Å²) in [6.45, 7) is 4.49. The van der Waals surface area contributed by atoms with E-state index < -0.39 is 11.6 Å². The largest absolute Gasteiger partial charge is 0.497 e. The lowest BCUT2D eigenvalue weighted by Gasteiger charge is -2.32. The maximum atomic E-state index is 12.1. The number of hydrogen-bond acceptors (Lipinski definition) is 6. The Kier molecular flexibility index (Phi) is 9.00. The molecule has 1 aliphatic rings. The van der Waals surface area contributed by atoms with E-state index in [-0.39, 0.29) is 12.0 Å². The number of benzene rings is 2. The minimum atomic E-state index is -1.26. The Hall–Kier alpha value is -3.16. The van der Waals surface area contributed by atoms with Crippen molar-refractivity contribution >= 4 is 5.97 Å². The van der Waals surface area contributed by atoms with Gasteiger partial charge in [-0.2, -0.15) is 0 Å². The average molecular weight is 508 g/mol. The van der Waals surface area contributed by atoms with Crippen LogP contribution in [0, 0.1) is 5.92 Å². The summed E-state index contributed by atoms with van der Waals surface area (Å²) in [6, 6.07) is 17.3. The first kappa shape index (κ1) is 26.9. The monoisotopic (exact) mass is 507 g/mol. The molecule has 1 N–H and O–H groups in total. The molecule has 0 amide bonds. The summed E-state index contributed by atoms with van der Waals surface area (Å²) in [5.74, 6) is 1.46. The average Bonchev–Trinajstić information content (AvgIpc) is 3.35. The van der Waals surface area contributed by atoms with Crippen LogP contribution in [0.2, 0.25) is 0 Å². The predicted molar refractivity (Wildman–Crippen MR) is 141 cm³/mol. The van der Waals surface area contributed by atoms with E-state index in [1.807, 2.05) is 61.5 Å². The number of carboxylic acids is 1. The third kappa shape index (κ3) is 6.99. The van der Waals surface area contributed by atoms with Crippen LogP contribution in [0.4, 0.5) is 0 Å². The quantitative estimate of drug-likeness (QED) is 0.317. The number of rotatable bonds is 12. The topological polar surface area (TPSA) is 91.0 Å². The van der Waals surface area contributed by atoms with Crippen molar-refractivity contribution in [1.29, 1.82) is 0 Å². The fourth-order valence-corrected chi connectivity index (χ4v) is 4.87. The van der Waals surface area contributed by atoms with E-state index >= 15 is 0 Å². The van der Waals surface area contributed by atoms with Crippen LogP contribution in [0.15, 0.2) is 59.0 Å². The Morgan fingerprint density at radius 1 is 1.16 bits per heavy atom. The van der Waals surface area contributed by atoms with Crippen molar-refractivity contribution in [2.24, 2.45) is 5.92 Å². The molecule has 0 saturated heterocycles. The highest BCUT2D eigenvalue weighted by molar-refractivity contribution is 5.77. The first-order valence-electron chi connectivity index (χ1n) is 13.1. The Labute approximate surface area is 218 Å². The highest BCUT2D eigenvalue weighted by atomic mass is 16.5. The van der Waals surface area contributed by atoms with Gasteiger partial charge in [-0.25, -0.2) is 9.78 Å². The van der Waals surface area contributed by atoms with Crippen molar-refractivity contribution < 1.29 is 28.5 Å². The zero-order valence-electron chi connectivity index (χ0n) is 21.9. The van der Waals surface area contributed by atoms with Crippen LogP contribution in [0.25, 0.3) is 11.5 Å². The first-order valence-corrected chi connectivity index (χ1v) is 13.1. The fourth-order valence-electron chi connectivity index (χ4n) is 4.87. The number of carboxylic acid groups (broad SMARTS) is 1. The van der Waals surface area contributed by atoms with Gasteiger partial charge in [0, 0.05) is 18.4 Å². The molecule has 1 fully saturated rings. The molecule has 0 spiro atoms. The number of oxazole rings is 1. The van der Waals surface area contributed by atoms with E-state index in [1.54, 1.807) is 14.0 Å². The summed E-state index contributed by atoms with van der Waals surface area (Å²) in [5.41, 5.74) is 1.37. The third-order valence-electron chi connectivity index (χ3n) is 7.08. The van der Waals surface area contributed by atoms with Gasteiger partial charge in [-0.3, -0.25) is 0 Å². The van der Waals surface area contributed by atoms with Gasteiger partial charge in [0.2, 0.25) is 5.89 Å². The summed E-state index contributed by atoms with van der Waals surface area (Å²) < 4.78 is 23.7. The third-order valence-corrected chi connectivity index (χ3v) is 7.08. The van der Waals surface area contributed by atoms with Crippen LogP contribution in [0.5, 0.6) is 5.75 Å². The van der Waals surface area contributed by atoms with Gasteiger partial charge in [-0.05, 0) is 55.9 Å². The van der Waals surface area contributed by atoms with Crippen LogP contribution in [-0.2, 0) is 33.7 Å². The standard InChI is InChI=1S/C30H37NO6/c1-4-27-26(31-28(37-27)23-13-9-14-24(17-23)34-3)20-35-25-15-8-12-22(16-25)19-36-30(2,29(32)33)18-21-10-6-5-7-11-21/h5-7,9-11,13-14,17,22,25H,4,8,12,15-16,18-20H2,1-3H3,(H,32,33)/t22-,25+,30?/m1/s1. The second-order valence-electron chi connectivity index (χ2n) is 9.95. The van der Waals surface area contributed by atoms with E-state index in [1.165, 1.54) is 0 Å².